The smallest absolute Gasteiger partial charge is 0.241 e. The third kappa shape index (κ3) is 3.98. The Hall–Kier alpha value is -1.07. The molecule has 0 radical (unpaired) electrons. The van der Waals surface area contributed by atoms with E-state index in [-0.39, 0.29) is 0 Å². The van der Waals surface area contributed by atoms with Gasteiger partial charge in [-0.05, 0) is 43.4 Å². The SMILES string of the molecule is Cc1ccc(N)c(C)c1S(=O)(=O)NCCC1CCCCC1. The zero-order chi connectivity index (χ0) is 15.5. The highest BCUT2D eigenvalue weighted by molar-refractivity contribution is 7.89. The van der Waals surface area contributed by atoms with Gasteiger partial charge in [0.2, 0.25) is 10.0 Å². The van der Waals surface area contributed by atoms with E-state index >= 15 is 0 Å². The monoisotopic (exact) mass is 310 g/mol. The van der Waals surface area contributed by atoms with Crippen LogP contribution >= 0.6 is 0 Å². The molecule has 1 aliphatic rings. The van der Waals surface area contributed by atoms with E-state index in [0.717, 1.165) is 12.0 Å². The Kier molecular flexibility index (Phi) is 5.27. The van der Waals surface area contributed by atoms with E-state index in [0.29, 0.717) is 28.6 Å². The minimum absolute atomic E-state index is 0.339. The highest BCUT2D eigenvalue weighted by atomic mass is 32.2. The Labute approximate surface area is 128 Å². The lowest BCUT2D eigenvalue weighted by Gasteiger charge is -2.21. The molecule has 2 rings (SSSR count). The van der Waals surface area contributed by atoms with Crippen LogP contribution in [0.25, 0.3) is 0 Å². The Morgan fingerprint density at radius 2 is 1.86 bits per heavy atom. The fraction of sp³-hybridized carbons (Fsp3) is 0.625. The molecule has 118 valence electrons. The first-order chi connectivity index (χ1) is 9.92. The fourth-order valence-corrected chi connectivity index (χ4v) is 4.74. The van der Waals surface area contributed by atoms with Gasteiger partial charge in [0.05, 0.1) is 4.90 Å². The van der Waals surface area contributed by atoms with Crippen molar-refractivity contribution in [1.82, 2.24) is 4.72 Å². The first kappa shape index (κ1) is 16.3. The first-order valence-corrected chi connectivity index (χ1v) is 9.25. The Balaban J connectivity index is 2.03. The Morgan fingerprint density at radius 3 is 2.52 bits per heavy atom. The van der Waals surface area contributed by atoms with Crippen molar-refractivity contribution < 1.29 is 8.42 Å². The highest BCUT2D eigenvalue weighted by Crippen LogP contribution is 2.27. The largest absolute Gasteiger partial charge is 0.398 e. The molecule has 0 amide bonds. The van der Waals surface area contributed by atoms with Gasteiger partial charge >= 0.3 is 0 Å². The predicted octanol–water partition coefficient (Wildman–Crippen LogP) is 3.13. The summed E-state index contributed by atoms with van der Waals surface area (Å²) < 4.78 is 27.8. The van der Waals surface area contributed by atoms with Crippen LogP contribution in [0.3, 0.4) is 0 Å². The van der Waals surface area contributed by atoms with Gasteiger partial charge in [-0.25, -0.2) is 13.1 Å². The summed E-state index contributed by atoms with van der Waals surface area (Å²) in [4.78, 5) is 0.339. The summed E-state index contributed by atoms with van der Waals surface area (Å²) in [7, 11) is -3.47. The standard InChI is InChI=1S/C16H26N2O2S/c1-12-8-9-15(17)13(2)16(12)21(19,20)18-11-10-14-6-4-3-5-7-14/h8-9,14,18H,3-7,10-11,17H2,1-2H3. The molecule has 1 saturated carbocycles. The maximum atomic E-state index is 12.5. The minimum atomic E-state index is -3.47. The van der Waals surface area contributed by atoms with Crippen LogP contribution in [0.2, 0.25) is 0 Å². The highest BCUT2D eigenvalue weighted by Gasteiger charge is 2.21. The van der Waals surface area contributed by atoms with Crippen molar-refractivity contribution in [1.29, 1.82) is 0 Å². The second-order valence-electron chi connectivity index (χ2n) is 6.12. The third-order valence-corrected chi connectivity index (χ3v) is 6.23. The van der Waals surface area contributed by atoms with E-state index in [2.05, 4.69) is 4.72 Å². The molecular formula is C16H26N2O2S. The van der Waals surface area contributed by atoms with Crippen LogP contribution in [0, 0.1) is 19.8 Å². The Bertz CT molecular complexity index is 591. The number of nitrogen functional groups attached to an aromatic ring is 1. The van der Waals surface area contributed by atoms with Crippen LogP contribution in [-0.2, 0) is 10.0 Å². The van der Waals surface area contributed by atoms with E-state index in [1.54, 1.807) is 19.1 Å². The van der Waals surface area contributed by atoms with Gasteiger partial charge in [-0.3, -0.25) is 0 Å². The van der Waals surface area contributed by atoms with Crippen molar-refractivity contribution in [3.05, 3.63) is 23.3 Å². The molecule has 21 heavy (non-hydrogen) atoms. The zero-order valence-corrected chi connectivity index (χ0v) is 13.8. The normalized spacial score (nSPS) is 17.0. The molecule has 1 aromatic rings. The molecule has 0 unspecified atom stereocenters. The Morgan fingerprint density at radius 1 is 1.19 bits per heavy atom. The summed E-state index contributed by atoms with van der Waals surface area (Å²) in [5.41, 5.74) is 7.74. The molecule has 0 aliphatic heterocycles. The molecule has 0 spiro atoms. The zero-order valence-electron chi connectivity index (χ0n) is 13.0. The molecule has 4 nitrogen and oxygen atoms in total. The van der Waals surface area contributed by atoms with E-state index in [4.69, 9.17) is 5.73 Å². The van der Waals surface area contributed by atoms with E-state index in [9.17, 15) is 8.42 Å². The van der Waals surface area contributed by atoms with Crippen LogP contribution < -0.4 is 10.5 Å². The number of aryl methyl sites for hydroxylation is 1. The van der Waals surface area contributed by atoms with Crippen molar-refractivity contribution >= 4 is 15.7 Å². The van der Waals surface area contributed by atoms with Crippen LogP contribution in [0.4, 0.5) is 5.69 Å². The number of anilines is 1. The van der Waals surface area contributed by atoms with Crippen LogP contribution in [0.1, 0.15) is 49.7 Å². The second-order valence-corrected chi connectivity index (χ2v) is 7.82. The van der Waals surface area contributed by atoms with E-state index in [1.165, 1.54) is 32.1 Å². The maximum Gasteiger partial charge on any atom is 0.241 e. The van der Waals surface area contributed by atoms with E-state index < -0.39 is 10.0 Å². The molecule has 3 N–H and O–H groups in total. The minimum Gasteiger partial charge on any atom is -0.398 e. The molecule has 1 aromatic carbocycles. The molecular weight excluding hydrogens is 284 g/mol. The summed E-state index contributed by atoms with van der Waals surface area (Å²) >= 11 is 0. The lowest BCUT2D eigenvalue weighted by atomic mass is 9.87. The van der Waals surface area contributed by atoms with Gasteiger partial charge in [0.25, 0.3) is 0 Å². The second kappa shape index (κ2) is 6.79. The van der Waals surface area contributed by atoms with Crippen molar-refractivity contribution in [3.8, 4) is 0 Å². The van der Waals surface area contributed by atoms with Gasteiger partial charge in [-0.2, -0.15) is 0 Å². The maximum absolute atomic E-state index is 12.5. The number of hydrogen-bond donors (Lipinski definition) is 2. The lowest BCUT2D eigenvalue weighted by molar-refractivity contribution is 0.339. The van der Waals surface area contributed by atoms with Gasteiger partial charge in [-0.1, -0.05) is 38.2 Å². The van der Waals surface area contributed by atoms with Gasteiger partial charge < -0.3 is 5.73 Å². The topological polar surface area (TPSA) is 72.2 Å². The van der Waals surface area contributed by atoms with Gasteiger partial charge in [0, 0.05) is 12.2 Å². The third-order valence-electron chi connectivity index (χ3n) is 4.48. The molecule has 0 heterocycles. The number of nitrogens with one attached hydrogen (secondary N) is 1. The molecule has 0 aromatic heterocycles. The number of sulfonamides is 1. The lowest BCUT2D eigenvalue weighted by Crippen LogP contribution is -2.28. The fourth-order valence-electron chi connectivity index (χ4n) is 3.20. The quantitative estimate of drug-likeness (QED) is 0.821. The molecule has 0 atom stereocenters. The number of nitrogens with two attached hydrogens (primary N) is 1. The molecule has 5 heteroatoms. The summed E-state index contributed by atoms with van der Waals surface area (Å²) in [5, 5.41) is 0. The van der Waals surface area contributed by atoms with Gasteiger partial charge in [0.15, 0.2) is 0 Å². The number of rotatable bonds is 5. The summed E-state index contributed by atoms with van der Waals surface area (Å²) in [6.07, 6.45) is 7.29. The molecule has 0 bridgehead atoms. The summed E-state index contributed by atoms with van der Waals surface area (Å²) in [6.45, 7) is 4.08. The first-order valence-electron chi connectivity index (χ1n) is 7.77. The van der Waals surface area contributed by atoms with E-state index in [1.807, 2.05) is 6.92 Å². The number of benzene rings is 1. The molecule has 1 aliphatic carbocycles. The van der Waals surface area contributed by atoms with Crippen LogP contribution in [0.5, 0.6) is 0 Å². The molecule has 0 saturated heterocycles. The summed E-state index contributed by atoms with van der Waals surface area (Å²) in [6, 6.07) is 3.52. The average molecular weight is 310 g/mol. The van der Waals surface area contributed by atoms with Crippen molar-refractivity contribution in [2.75, 3.05) is 12.3 Å². The van der Waals surface area contributed by atoms with Crippen molar-refractivity contribution in [3.63, 3.8) is 0 Å². The summed E-state index contributed by atoms with van der Waals surface area (Å²) in [5.74, 6) is 0.671. The average Bonchev–Trinajstić information content (AvgIpc) is 2.44. The van der Waals surface area contributed by atoms with Gasteiger partial charge in [-0.15, -0.1) is 0 Å². The van der Waals surface area contributed by atoms with Crippen molar-refractivity contribution in [2.45, 2.75) is 57.3 Å². The van der Waals surface area contributed by atoms with Crippen LogP contribution in [0.15, 0.2) is 17.0 Å². The van der Waals surface area contributed by atoms with Crippen LogP contribution in [-0.4, -0.2) is 15.0 Å². The van der Waals surface area contributed by atoms with Gasteiger partial charge in [0.1, 0.15) is 0 Å². The number of hydrogen-bond acceptors (Lipinski definition) is 3. The molecule has 1 fully saturated rings. The van der Waals surface area contributed by atoms with Crippen molar-refractivity contribution in [2.24, 2.45) is 5.92 Å². The predicted molar refractivity (Wildman–Crippen MR) is 86.7 cm³/mol.